The lowest BCUT2D eigenvalue weighted by molar-refractivity contribution is 0.373. The molecule has 0 spiro atoms. The van der Waals surface area contributed by atoms with E-state index in [1.807, 2.05) is 14.1 Å². The van der Waals surface area contributed by atoms with E-state index in [9.17, 15) is 0 Å². The minimum atomic E-state index is -0.0421. The van der Waals surface area contributed by atoms with Gasteiger partial charge in [-0.05, 0) is 33.0 Å². The quantitative estimate of drug-likeness (QED) is 0.526. The molecule has 0 aromatic heterocycles. The Balaban J connectivity index is 1.85. The molecule has 15 heavy (non-hydrogen) atoms. The van der Waals surface area contributed by atoms with E-state index in [2.05, 4.69) is 28.9 Å². The van der Waals surface area contributed by atoms with Crippen molar-refractivity contribution < 1.29 is 4.74 Å². The zero-order valence-corrected chi connectivity index (χ0v) is 9.55. The highest BCUT2D eigenvalue weighted by Crippen LogP contribution is 2.24. The third kappa shape index (κ3) is 2.68. The van der Waals surface area contributed by atoms with Crippen molar-refractivity contribution >= 4 is 0 Å². The second kappa shape index (κ2) is 4.47. The number of allylic oxidation sites excluding steroid dienone is 2. The summed E-state index contributed by atoms with van der Waals surface area (Å²) in [6, 6.07) is 0. The van der Waals surface area contributed by atoms with Gasteiger partial charge in [0.05, 0.1) is 18.4 Å². The maximum Gasteiger partial charge on any atom is 0.0912 e. The van der Waals surface area contributed by atoms with E-state index >= 15 is 0 Å². The van der Waals surface area contributed by atoms with Crippen LogP contribution in [0.5, 0.6) is 0 Å². The third-order valence-electron chi connectivity index (χ3n) is 3.32. The molecule has 2 aliphatic rings. The number of nitrogens with one attached hydrogen (secondary N) is 2. The summed E-state index contributed by atoms with van der Waals surface area (Å²) in [7, 11) is 3.97. The Labute approximate surface area is 91.6 Å². The SMILES string of the molecule is CNC1(NC)C=CC(CCC2CO2)=CC1. The summed E-state index contributed by atoms with van der Waals surface area (Å²) >= 11 is 0. The average molecular weight is 208 g/mol. The highest BCUT2D eigenvalue weighted by molar-refractivity contribution is 5.28. The molecule has 1 saturated heterocycles. The molecule has 0 aromatic rings. The molecule has 0 bridgehead atoms. The fraction of sp³-hybridized carbons (Fsp3) is 0.667. The lowest BCUT2D eigenvalue weighted by Gasteiger charge is -2.31. The van der Waals surface area contributed by atoms with Crippen molar-refractivity contribution in [3.8, 4) is 0 Å². The van der Waals surface area contributed by atoms with Gasteiger partial charge in [0, 0.05) is 6.42 Å². The van der Waals surface area contributed by atoms with Gasteiger partial charge in [0.1, 0.15) is 0 Å². The van der Waals surface area contributed by atoms with Gasteiger partial charge in [0.25, 0.3) is 0 Å². The molecule has 1 fully saturated rings. The van der Waals surface area contributed by atoms with E-state index in [4.69, 9.17) is 4.74 Å². The Kier molecular flexibility index (Phi) is 3.24. The monoisotopic (exact) mass is 208 g/mol. The average Bonchev–Trinajstić information content (AvgIpc) is 3.11. The number of epoxide rings is 1. The van der Waals surface area contributed by atoms with Crippen LogP contribution in [-0.2, 0) is 4.74 Å². The van der Waals surface area contributed by atoms with Gasteiger partial charge in [0.2, 0.25) is 0 Å². The standard InChI is InChI=1S/C12H20N2O/c1-13-12(14-2)7-5-10(6-8-12)3-4-11-9-15-11/h5-7,11,13-14H,3-4,8-9H2,1-2H3. The summed E-state index contributed by atoms with van der Waals surface area (Å²) in [6.45, 7) is 0.966. The lowest BCUT2D eigenvalue weighted by atomic mass is 9.94. The molecule has 2 N–H and O–H groups in total. The molecule has 1 atom stereocenters. The number of hydrogen-bond acceptors (Lipinski definition) is 3. The van der Waals surface area contributed by atoms with Crippen molar-refractivity contribution in [1.82, 2.24) is 10.6 Å². The first kappa shape index (κ1) is 10.9. The second-order valence-corrected chi connectivity index (χ2v) is 4.28. The van der Waals surface area contributed by atoms with E-state index < -0.39 is 0 Å². The number of likely N-dealkylation sites (N-methyl/N-ethyl adjacent to an activating group) is 2. The topological polar surface area (TPSA) is 36.6 Å². The molecule has 84 valence electrons. The van der Waals surface area contributed by atoms with Gasteiger partial charge in [-0.2, -0.15) is 0 Å². The summed E-state index contributed by atoms with van der Waals surface area (Å²) in [6.07, 6.45) is 10.6. The fourth-order valence-corrected chi connectivity index (χ4v) is 1.92. The Morgan fingerprint density at radius 2 is 2.20 bits per heavy atom. The normalized spacial score (nSPS) is 27.6. The summed E-state index contributed by atoms with van der Waals surface area (Å²) in [5.41, 5.74) is 1.39. The molecule has 2 rings (SSSR count). The fourth-order valence-electron chi connectivity index (χ4n) is 1.92. The van der Waals surface area contributed by atoms with Gasteiger partial charge >= 0.3 is 0 Å². The Hall–Kier alpha value is -0.640. The molecular formula is C12H20N2O. The maximum absolute atomic E-state index is 5.21. The first-order chi connectivity index (χ1) is 7.28. The summed E-state index contributed by atoms with van der Waals surface area (Å²) in [4.78, 5) is 0. The molecule has 3 heteroatoms. The van der Waals surface area contributed by atoms with Crippen LogP contribution in [0.1, 0.15) is 19.3 Å². The van der Waals surface area contributed by atoms with Crippen molar-refractivity contribution in [3.63, 3.8) is 0 Å². The van der Waals surface area contributed by atoms with Gasteiger partial charge in [-0.25, -0.2) is 0 Å². The number of ether oxygens (including phenoxy) is 1. The van der Waals surface area contributed by atoms with Crippen LogP contribution in [0.15, 0.2) is 23.8 Å². The van der Waals surface area contributed by atoms with Gasteiger partial charge in [-0.15, -0.1) is 0 Å². The van der Waals surface area contributed by atoms with Crippen LogP contribution >= 0.6 is 0 Å². The Morgan fingerprint density at radius 1 is 1.47 bits per heavy atom. The van der Waals surface area contributed by atoms with E-state index in [0.29, 0.717) is 6.10 Å². The molecule has 3 nitrogen and oxygen atoms in total. The Bertz CT molecular complexity index is 275. The smallest absolute Gasteiger partial charge is 0.0912 e. The summed E-state index contributed by atoms with van der Waals surface area (Å²) < 4.78 is 5.21. The second-order valence-electron chi connectivity index (χ2n) is 4.28. The van der Waals surface area contributed by atoms with Crippen LogP contribution in [0.4, 0.5) is 0 Å². The van der Waals surface area contributed by atoms with Crippen molar-refractivity contribution in [2.75, 3.05) is 20.7 Å². The maximum atomic E-state index is 5.21. The van der Waals surface area contributed by atoms with Crippen LogP contribution in [0.2, 0.25) is 0 Å². The molecule has 1 aliphatic carbocycles. The predicted octanol–water partition coefficient (Wildman–Crippen LogP) is 1.19. The van der Waals surface area contributed by atoms with Crippen molar-refractivity contribution in [3.05, 3.63) is 23.8 Å². The summed E-state index contributed by atoms with van der Waals surface area (Å²) in [5.74, 6) is 0. The van der Waals surface area contributed by atoms with E-state index in [0.717, 1.165) is 19.4 Å². The highest BCUT2D eigenvalue weighted by atomic mass is 16.6. The number of rotatable bonds is 5. The van der Waals surface area contributed by atoms with Crippen LogP contribution in [0, 0.1) is 0 Å². The number of hydrogen-bond donors (Lipinski definition) is 2. The van der Waals surface area contributed by atoms with E-state index in [1.165, 1.54) is 12.0 Å². The van der Waals surface area contributed by atoms with Crippen molar-refractivity contribution in [2.45, 2.75) is 31.0 Å². The minimum absolute atomic E-state index is 0.0421. The molecular weight excluding hydrogens is 188 g/mol. The zero-order chi connectivity index (χ0) is 10.7. The Morgan fingerprint density at radius 3 is 2.67 bits per heavy atom. The molecule has 0 aromatic carbocycles. The molecule has 0 saturated carbocycles. The first-order valence-corrected chi connectivity index (χ1v) is 5.66. The largest absolute Gasteiger partial charge is 0.373 e. The first-order valence-electron chi connectivity index (χ1n) is 5.66. The van der Waals surface area contributed by atoms with Crippen LogP contribution < -0.4 is 10.6 Å². The highest BCUT2D eigenvalue weighted by Gasteiger charge is 2.25. The zero-order valence-electron chi connectivity index (χ0n) is 9.55. The van der Waals surface area contributed by atoms with Gasteiger partial charge in [-0.3, -0.25) is 10.6 Å². The van der Waals surface area contributed by atoms with Crippen LogP contribution in [0.25, 0.3) is 0 Å². The van der Waals surface area contributed by atoms with Crippen LogP contribution in [0.3, 0.4) is 0 Å². The minimum Gasteiger partial charge on any atom is -0.373 e. The van der Waals surface area contributed by atoms with Crippen molar-refractivity contribution in [1.29, 1.82) is 0 Å². The van der Waals surface area contributed by atoms with Gasteiger partial charge in [-0.1, -0.05) is 17.7 Å². The molecule has 1 aliphatic heterocycles. The van der Waals surface area contributed by atoms with Gasteiger partial charge in [0.15, 0.2) is 0 Å². The lowest BCUT2D eigenvalue weighted by Crippen LogP contribution is -2.52. The summed E-state index contributed by atoms with van der Waals surface area (Å²) in [5, 5.41) is 6.60. The molecule has 1 heterocycles. The molecule has 0 amide bonds. The third-order valence-corrected chi connectivity index (χ3v) is 3.32. The van der Waals surface area contributed by atoms with Crippen LogP contribution in [-0.4, -0.2) is 32.5 Å². The van der Waals surface area contributed by atoms with E-state index in [1.54, 1.807) is 0 Å². The van der Waals surface area contributed by atoms with Gasteiger partial charge < -0.3 is 4.74 Å². The van der Waals surface area contributed by atoms with E-state index in [-0.39, 0.29) is 5.66 Å². The molecule has 0 radical (unpaired) electrons. The molecule has 1 unspecified atom stereocenters. The van der Waals surface area contributed by atoms with Crippen molar-refractivity contribution in [2.24, 2.45) is 0 Å². The predicted molar refractivity (Wildman–Crippen MR) is 61.7 cm³/mol.